The Labute approximate surface area is 155 Å². The minimum atomic E-state index is -0.190. The highest BCUT2D eigenvalue weighted by atomic mass is 35.5. The minimum Gasteiger partial charge on any atom is -0.379 e. The molecule has 0 spiro atoms. The molecule has 0 aliphatic carbocycles. The van der Waals surface area contributed by atoms with E-state index in [4.69, 9.17) is 27.9 Å². The van der Waals surface area contributed by atoms with Crippen LogP contribution in [0.3, 0.4) is 0 Å². The van der Waals surface area contributed by atoms with Crippen LogP contribution in [0.5, 0.6) is 0 Å². The lowest BCUT2D eigenvalue weighted by molar-refractivity contribution is 0.0163. The van der Waals surface area contributed by atoms with Crippen LogP contribution in [0.2, 0.25) is 10.0 Å². The Kier molecular flexibility index (Phi) is 6.14. The lowest BCUT2D eigenvalue weighted by atomic mass is 10.1. The number of amides is 1. The molecule has 1 aromatic heterocycles. The number of carbonyl (C=O) groups excluding carboxylic acids is 1. The smallest absolute Gasteiger partial charge is 0.252 e. The van der Waals surface area contributed by atoms with Gasteiger partial charge in [0.05, 0.1) is 29.8 Å². The minimum absolute atomic E-state index is 0.134. The van der Waals surface area contributed by atoms with Crippen molar-refractivity contribution >= 4 is 40.4 Å². The second-order valence-electron chi connectivity index (χ2n) is 5.56. The second kappa shape index (κ2) is 8.32. The van der Waals surface area contributed by atoms with Crippen molar-refractivity contribution in [2.24, 2.45) is 0 Å². The van der Waals surface area contributed by atoms with Gasteiger partial charge in [0.15, 0.2) is 0 Å². The molecule has 1 amide bonds. The molecule has 0 bridgehead atoms. The average Bonchev–Trinajstić information content (AvgIpc) is 3.10. The third kappa shape index (κ3) is 4.29. The van der Waals surface area contributed by atoms with Gasteiger partial charge in [-0.25, -0.2) is 0 Å². The zero-order valence-corrected chi connectivity index (χ0v) is 15.3. The van der Waals surface area contributed by atoms with Crippen LogP contribution in [0.15, 0.2) is 35.0 Å². The molecule has 0 saturated carbocycles. The van der Waals surface area contributed by atoms with Crippen molar-refractivity contribution in [3.8, 4) is 0 Å². The zero-order valence-electron chi connectivity index (χ0n) is 13.0. The van der Waals surface area contributed by atoms with Gasteiger partial charge in [-0.1, -0.05) is 23.2 Å². The maximum absolute atomic E-state index is 12.5. The first-order valence-corrected chi connectivity index (χ1v) is 9.42. The Morgan fingerprint density at radius 2 is 2.08 bits per heavy atom. The number of nitrogens with zero attached hydrogens (tertiary/aromatic N) is 1. The average molecular weight is 385 g/mol. The molecule has 1 atom stereocenters. The molecular weight excluding hydrogens is 367 g/mol. The van der Waals surface area contributed by atoms with Crippen molar-refractivity contribution in [3.05, 3.63) is 56.2 Å². The van der Waals surface area contributed by atoms with Gasteiger partial charge in [-0.3, -0.25) is 9.69 Å². The van der Waals surface area contributed by atoms with Crippen LogP contribution < -0.4 is 5.32 Å². The number of ether oxygens (including phenoxy) is 1. The van der Waals surface area contributed by atoms with E-state index in [9.17, 15) is 4.79 Å². The number of thiophene rings is 1. The van der Waals surface area contributed by atoms with Gasteiger partial charge in [0.1, 0.15) is 0 Å². The molecule has 0 radical (unpaired) electrons. The normalized spacial score (nSPS) is 16.8. The van der Waals surface area contributed by atoms with Gasteiger partial charge in [0.25, 0.3) is 5.91 Å². The van der Waals surface area contributed by atoms with Crippen molar-refractivity contribution in [1.29, 1.82) is 0 Å². The Morgan fingerprint density at radius 1 is 1.29 bits per heavy atom. The standard InChI is InChI=1S/C17H18Cl2N2O2S/c18-13-1-2-14(15(19)9-13)17(22)20-10-16(12-3-8-24-11-12)21-4-6-23-7-5-21/h1-3,8-9,11,16H,4-7,10H2,(H,20,22)/t16-/m0/s1. The summed E-state index contributed by atoms with van der Waals surface area (Å²) < 4.78 is 5.43. The first kappa shape index (κ1) is 17.7. The number of carbonyl (C=O) groups is 1. The van der Waals surface area contributed by atoms with Crippen LogP contribution in [0.4, 0.5) is 0 Å². The van der Waals surface area contributed by atoms with E-state index in [0.29, 0.717) is 22.2 Å². The number of hydrogen-bond acceptors (Lipinski definition) is 4. The summed E-state index contributed by atoms with van der Waals surface area (Å²) in [5, 5.41) is 8.06. The lowest BCUT2D eigenvalue weighted by Crippen LogP contribution is -2.43. The van der Waals surface area contributed by atoms with Crippen LogP contribution in [-0.2, 0) is 4.74 Å². The van der Waals surface area contributed by atoms with Gasteiger partial charge in [0, 0.05) is 24.7 Å². The van der Waals surface area contributed by atoms with Crippen molar-refractivity contribution in [2.45, 2.75) is 6.04 Å². The van der Waals surface area contributed by atoms with Crippen LogP contribution in [0.1, 0.15) is 22.0 Å². The summed E-state index contributed by atoms with van der Waals surface area (Å²) in [6.07, 6.45) is 0. The van der Waals surface area contributed by atoms with Gasteiger partial charge in [-0.15, -0.1) is 0 Å². The van der Waals surface area contributed by atoms with E-state index in [2.05, 4.69) is 27.0 Å². The summed E-state index contributed by atoms with van der Waals surface area (Å²) in [5.41, 5.74) is 1.65. The largest absolute Gasteiger partial charge is 0.379 e. The second-order valence-corrected chi connectivity index (χ2v) is 7.18. The fourth-order valence-corrected chi connectivity index (χ4v) is 3.97. The Hall–Kier alpha value is -1.11. The number of morpholine rings is 1. The van der Waals surface area contributed by atoms with Crippen molar-refractivity contribution < 1.29 is 9.53 Å². The molecule has 1 saturated heterocycles. The van der Waals surface area contributed by atoms with Gasteiger partial charge in [0.2, 0.25) is 0 Å². The monoisotopic (exact) mass is 384 g/mol. The van der Waals surface area contributed by atoms with Crippen LogP contribution in [0.25, 0.3) is 0 Å². The molecule has 24 heavy (non-hydrogen) atoms. The number of benzene rings is 1. The highest BCUT2D eigenvalue weighted by molar-refractivity contribution is 7.08. The molecule has 2 heterocycles. The van der Waals surface area contributed by atoms with E-state index in [1.807, 2.05) is 0 Å². The summed E-state index contributed by atoms with van der Waals surface area (Å²) in [6.45, 7) is 3.68. The Morgan fingerprint density at radius 3 is 2.75 bits per heavy atom. The first-order chi connectivity index (χ1) is 11.6. The van der Waals surface area contributed by atoms with Gasteiger partial charge in [-0.05, 0) is 40.6 Å². The van der Waals surface area contributed by atoms with E-state index >= 15 is 0 Å². The maximum Gasteiger partial charge on any atom is 0.252 e. The molecular formula is C17H18Cl2N2O2S. The lowest BCUT2D eigenvalue weighted by Gasteiger charge is -2.34. The molecule has 1 fully saturated rings. The highest BCUT2D eigenvalue weighted by Gasteiger charge is 2.24. The van der Waals surface area contributed by atoms with E-state index in [-0.39, 0.29) is 11.9 Å². The van der Waals surface area contributed by atoms with Crippen molar-refractivity contribution in [2.75, 3.05) is 32.8 Å². The molecule has 128 valence electrons. The molecule has 7 heteroatoms. The Balaban J connectivity index is 1.70. The van der Waals surface area contributed by atoms with Crippen LogP contribution >= 0.6 is 34.5 Å². The maximum atomic E-state index is 12.5. The molecule has 3 rings (SSSR count). The summed E-state index contributed by atoms with van der Waals surface area (Å²) in [6, 6.07) is 7.13. The summed E-state index contributed by atoms with van der Waals surface area (Å²) >= 11 is 13.7. The molecule has 4 nitrogen and oxygen atoms in total. The molecule has 1 aliphatic heterocycles. The quantitative estimate of drug-likeness (QED) is 0.850. The summed E-state index contributed by atoms with van der Waals surface area (Å²) in [4.78, 5) is 14.8. The number of halogens is 2. The number of rotatable bonds is 5. The SMILES string of the molecule is O=C(NC[C@@H](c1ccsc1)N1CCOCC1)c1ccc(Cl)cc1Cl. The molecule has 2 aromatic rings. The fourth-order valence-electron chi connectivity index (χ4n) is 2.77. The van der Waals surface area contributed by atoms with Crippen LogP contribution in [0, 0.1) is 0 Å². The van der Waals surface area contributed by atoms with E-state index in [1.54, 1.807) is 29.5 Å². The summed E-state index contributed by atoms with van der Waals surface area (Å²) in [5.74, 6) is -0.190. The third-order valence-corrected chi connectivity index (χ3v) is 5.30. The predicted octanol–water partition coefficient (Wildman–Crippen LogP) is 3.86. The highest BCUT2D eigenvalue weighted by Crippen LogP contribution is 2.24. The van der Waals surface area contributed by atoms with Crippen LogP contribution in [-0.4, -0.2) is 43.7 Å². The summed E-state index contributed by atoms with van der Waals surface area (Å²) in [7, 11) is 0. The van der Waals surface area contributed by atoms with Crippen molar-refractivity contribution in [3.63, 3.8) is 0 Å². The molecule has 1 aromatic carbocycles. The fraction of sp³-hybridized carbons (Fsp3) is 0.353. The number of nitrogens with one attached hydrogen (secondary N) is 1. The van der Waals surface area contributed by atoms with Gasteiger partial charge in [-0.2, -0.15) is 11.3 Å². The predicted molar refractivity (Wildman–Crippen MR) is 98.2 cm³/mol. The number of hydrogen-bond donors (Lipinski definition) is 1. The molecule has 1 N–H and O–H groups in total. The topological polar surface area (TPSA) is 41.6 Å². The first-order valence-electron chi connectivity index (χ1n) is 7.72. The molecule has 0 unspecified atom stereocenters. The zero-order chi connectivity index (χ0) is 16.9. The Bertz CT molecular complexity index is 688. The van der Waals surface area contributed by atoms with Gasteiger partial charge < -0.3 is 10.1 Å². The third-order valence-electron chi connectivity index (χ3n) is 4.05. The van der Waals surface area contributed by atoms with E-state index in [0.717, 1.165) is 26.3 Å². The van der Waals surface area contributed by atoms with Gasteiger partial charge >= 0.3 is 0 Å². The van der Waals surface area contributed by atoms with Crippen molar-refractivity contribution in [1.82, 2.24) is 10.2 Å². The van der Waals surface area contributed by atoms with E-state index in [1.165, 1.54) is 5.56 Å². The molecule has 1 aliphatic rings. The van der Waals surface area contributed by atoms with E-state index < -0.39 is 0 Å².